The van der Waals surface area contributed by atoms with Gasteiger partial charge >= 0.3 is 6.18 Å². The molecule has 0 spiro atoms. The van der Waals surface area contributed by atoms with Crippen LogP contribution in [0, 0.1) is 0 Å². The molecule has 0 bridgehead atoms. The van der Waals surface area contributed by atoms with Crippen molar-refractivity contribution < 1.29 is 27.4 Å². The molecule has 128 valence electrons. The molecular formula is C15H19F3N2O3. The van der Waals surface area contributed by atoms with E-state index in [0.29, 0.717) is 25.4 Å². The Hall–Kier alpha value is -1.80. The number of hydrogen-bond donors (Lipinski definition) is 1. The maximum absolute atomic E-state index is 12.2. The van der Waals surface area contributed by atoms with Gasteiger partial charge in [0.15, 0.2) is 0 Å². The molecule has 1 atom stereocenters. The second-order valence-electron chi connectivity index (χ2n) is 5.16. The van der Waals surface area contributed by atoms with Crippen molar-refractivity contribution in [2.45, 2.75) is 12.2 Å². The lowest BCUT2D eigenvalue weighted by atomic mass is 10.0. The Morgan fingerprint density at radius 2 is 2.13 bits per heavy atom. The van der Waals surface area contributed by atoms with Gasteiger partial charge in [-0.1, -0.05) is 18.2 Å². The normalized spacial score (nSPS) is 18.8. The minimum atomic E-state index is -4.44. The highest BCUT2D eigenvalue weighted by Gasteiger charge is 2.31. The fourth-order valence-corrected chi connectivity index (χ4v) is 2.56. The summed E-state index contributed by atoms with van der Waals surface area (Å²) in [7, 11) is 1.54. The molecule has 0 saturated carbocycles. The molecule has 1 aromatic carbocycles. The molecule has 1 N–H and O–H groups in total. The van der Waals surface area contributed by atoms with Crippen molar-refractivity contribution in [1.29, 1.82) is 0 Å². The number of carbonyl (C=O) groups excluding carboxylic acids is 1. The van der Waals surface area contributed by atoms with Gasteiger partial charge in [-0.25, -0.2) is 0 Å². The number of piperazine rings is 1. The number of nitrogens with zero attached hydrogens (tertiary/aromatic N) is 1. The number of rotatable bonds is 5. The van der Waals surface area contributed by atoms with Crippen LogP contribution in [0.5, 0.6) is 5.75 Å². The van der Waals surface area contributed by atoms with Gasteiger partial charge in [0, 0.05) is 25.2 Å². The van der Waals surface area contributed by atoms with Crippen LogP contribution in [0.15, 0.2) is 24.3 Å². The average molecular weight is 332 g/mol. The van der Waals surface area contributed by atoms with Gasteiger partial charge in [-0.05, 0) is 6.07 Å². The van der Waals surface area contributed by atoms with E-state index < -0.39 is 25.3 Å². The summed E-state index contributed by atoms with van der Waals surface area (Å²) in [5.74, 6) is 0.168. The fraction of sp³-hybridized carbons (Fsp3) is 0.533. The van der Waals surface area contributed by atoms with Crippen LogP contribution < -0.4 is 10.1 Å². The summed E-state index contributed by atoms with van der Waals surface area (Å²) in [4.78, 5) is 13.8. The Morgan fingerprint density at radius 1 is 1.39 bits per heavy atom. The number of nitrogens with one attached hydrogen (secondary N) is 1. The molecular weight excluding hydrogens is 313 g/mol. The molecule has 1 aliphatic heterocycles. The third-order valence-corrected chi connectivity index (χ3v) is 3.55. The third kappa shape index (κ3) is 4.84. The van der Waals surface area contributed by atoms with Crippen molar-refractivity contribution in [2.24, 2.45) is 0 Å². The summed E-state index contributed by atoms with van der Waals surface area (Å²) >= 11 is 0. The van der Waals surface area contributed by atoms with Gasteiger partial charge in [0.2, 0.25) is 5.91 Å². The minimum absolute atomic E-state index is 0.304. The van der Waals surface area contributed by atoms with Gasteiger partial charge < -0.3 is 19.7 Å². The summed E-state index contributed by atoms with van der Waals surface area (Å²) in [5, 5.41) is 3.18. The Bertz CT molecular complexity index is 537. The van der Waals surface area contributed by atoms with E-state index in [1.807, 2.05) is 18.2 Å². The van der Waals surface area contributed by atoms with Gasteiger partial charge in [0.1, 0.15) is 19.0 Å². The van der Waals surface area contributed by atoms with E-state index in [2.05, 4.69) is 10.1 Å². The first-order chi connectivity index (χ1) is 10.9. The number of para-hydroxylation sites is 1. The van der Waals surface area contributed by atoms with E-state index in [4.69, 9.17) is 4.74 Å². The molecule has 1 amide bonds. The Balaban J connectivity index is 2.07. The first-order valence-electron chi connectivity index (χ1n) is 7.20. The number of methoxy groups -OCH3 is 1. The van der Waals surface area contributed by atoms with Gasteiger partial charge in [-0.3, -0.25) is 4.79 Å². The lowest BCUT2D eigenvalue weighted by molar-refractivity contribution is -0.178. The van der Waals surface area contributed by atoms with Crippen molar-refractivity contribution in [2.75, 3.05) is 40.0 Å². The zero-order chi connectivity index (χ0) is 16.9. The zero-order valence-corrected chi connectivity index (χ0v) is 12.7. The van der Waals surface area contributed by atoms with Crippen molar-refractivity contribution in [3.8, 4) is 5.75 Å². The predicted octanol–water partition coefficient (Wildman–Crippen LogP) is 1.75. The molecule has 1 fully saturated rings. The average Bonchev–Trinajstić information content (AvgIpc) is 2.53. The van der Waals surface area contributed by atoms with Crippen LogP contribution in [-0.4, -0.2) is 56.9 Å². The minimum Gasteiger partial charge on any atom is -0.496 e. The molecule has 1 aromatic rings. The Morgan fingerprint density at radius 3 is 2.83 bits per heavy atom. The molecule has 23 heavy (non-hydrogen) atoms. The van der Waals surface area contributed by atoms with Gasteiger partial charge in [-0.2, -0.15) is 13.2 Å². The first kappa shape index (κ1) is 17.6. The van der Waals surface area contributed by atoms with Crippen LogP contribution in [0.1, 0.15) is 11.6 Å². The Labute approximate surface area is 132 Å². The zero-order valence-electron chi connectivity index (χ0n) is 12.7. The number of hydrogen-bond acceptors (Lipinski definition) is 4. The molecule has 0 radical (unpaired) electrons. The number of benzene rings is 1. The lowest BCUT2D eigenvalue weighted by Gasteiger charge is -2.37. The summed E-state index contributed by atoms with van der Waals surface area (Å²) in [6, 6.07) is 6.97. The number of carbonyl (C=O) groups is 1. The highest BCUT2D eigenvalue weighted by atomic mass is 19.4. The van der Waals surface area contributed by atoms with Gasteiger partial charge in [0.05, 0.1) is 13.2 Å². The molecule has 1 saturated heterocycles. The standard InChI is InChI=1S/C15H19F3N2O3/c1-22-13-5-3-2-4-11(13)12-8-19-6-7-20(12)14(21)9-23-10-15(16,17)18/h2-5,12,19H,6-10H2,1H3. The van der Waals surface area contributed by atoms with Crippen LogP contribution in [-0.2, 0) is 9.53 Å². The number of alkyl halides is 3. The predicted molar refractivity (Wildman–Crippen MR) is 77.2 cm³/mol. The van der Waals surface area contributed by atoms with Crippen LogP contribution in [0.3, 0.4) is 0 Å². The SMILES string of the molecule is COc1ccccc1C1CNCCN1C(=O)COCC(F)(F)F. The quantitative estimate of drug-likeness (QED) is 0.892. The van der Waals surface area contributed by atoms with Crippen LogP contribution >= 0.6 is 0 Å². The van der Waals surface area contributed by atoms with Crippen molar-refractivity contribution >= 4 is 5.91 Å². The number of ether oxygens (including phenoxy) is 2. The maximum atomic E-state index is 12.2. The number of halogens is 3. The van der Waals surface area contributed by atoms with Crippen LogP contribution in [0.2, 0.25) is 0 Å². The molecule has 1 heterocycles. The third-order valence-electron chi connectivity index (χ3n) is 3.55. The van der Waals surface area contributed by atoms with Crippen LogP contribution in [0.4, 0.5) is 13.2 Å². The van der Waals surface area contributed by atoms with Crippen LogP contribution in [0.25, 0.3) is 0 Å². The van der Waals surface area contributed by atoms with E-state index >= 15 is 0 Å². The first-order valence-corrected chi connectivity index (χ1v) is 7.20. The molecule has 1 unspecified atom stereocenters. The molecule has 1 aliphatic rings. The van der Waals surface area contributed by atoms with E-state index in [9.17, 15) is 18.0 Å². The molecule has 0 aromatic heterocycles. The Kier molecular flexibility index (Phi) is 5.84. The van der Waals surface area contributed by atoms with Gasteiger partial charge in [0.25, 0.3) is 0 Å². The lowest BCUT2D eigenvalue weighted by Crippen LogP contribution is -2.50. The van der Waals surface area contributed by atoms with Crippen molar-refractivity contribution in [3.63, 3.8) is 0 Å². The highest BCUT2D eigenvalue weighted by Crippen LogP contribution is 2.30. The molecule has 0 aliphatic carbocycles. The van der Waals surface area contributed by atoms with Crippen molar-refractivity contribution in [3.05, 3.63) is 29.8 Å². The molecule has 5 nitrogen and oxygen atoms in total. The van der Waals surface area contributed by atoms with Gasteiger partial charge in [-0.15, -0.1) is 0 Å². The summed E-state index contributed by atoms with van der Waals surface area (Å²) < 4.78 is 46.1. The van der Waals surface area contributed by atoms with E-state index in [-0.39, 0.29) is 6.04 Å². The second kappa shape index (κ2) is 7.65. The summed E-state index contributed by atoms with van der Waals surface area (Å²) in [6.07, 6.45) is -4.44. The number of amides is 1. The fourth-order valence-electron chi connectivity index (χ4n) is 2.56. The largest absolute Gasteiger partial charge is 0.496 e. The molecule has 2 rings (SSSR count). The van der Waals surface area contributed by atoms with E-state index in [1.165, 1.54) is 12.0 Å². The monoisotopic (exact) mass is 332 g/mol. The summed E-state index contributed by atoms with van der Waals surface area (Å²) in [5.41, 5.74) is 0.811. The van der Waals surface area contributed by atoms with Crippen molar-refractivity contribution in [1.82, 2.24) is 10.2 Å². The smallest absolute Gasteiger partial charge is 0.411 e. The van der Waals surface area contributed by atoms with E-state index in [0.717, 1.165) is 5.56 Å². The van der Waals surface area contributed by atoms with E-state index in [1.54, 1.807) is 6.07 Å². The second-order valence-corrected chi connectivity index (χ2v) is 5.16. The molecule has 8 heteroatoms. The topological polar surface area (TPSA) is 50.8 Å². The highest BCUT2D eigenvalue weighted by molar-refractivity contribution is 5.78. The maximum Gasteiger partial charge on any atom is 0.411 e. The summed E-state index contributed by atoms with van der Waals surface area (Å²) in [6.45, 7) is -0.533.